The number of carboxylic acid groups (broad SMARTS) is 2. The van der Waals surface area contributed by atoms with E-state index in [0.29, 0.717) is 35.3 Å². The largest absolute Gasteiger partial charge is 0.481 e. The standard InChI is InChI=1S/C30H30N4O5/c1-14-10-26-30(39)29-15(2)9-18(31-29)11-22-16(3)19(5-7-27(35)36)24(33-22)13-25-20(6-8-28(37)38)17(4)23(34-25)12-21(14)32-26/h9-13,31-33H,5-8H2,1-4H3,(H,35,36)(H,37,38). The highest BCUT2D eigenvalue weighted by atomic mass is 16.4. The molecule has 4 aromatic heterocycles. The van der Waals surface area contributed by atoms with Gasteiger partial charge in [0.05, 0.1) is 22.4 Å². The highest BCUT2D eigenvalue weighted by molar-refractivity contribution is 5.94. The number of aliphatic carboxylic acids is 2. The lowest BCUT2D eigenvalue weighted by Crippen LogP contribution is -1.99. The molecular formula is C30H30N4O5. The Balaban J connectivity index is 1.92. The van der Waals surface area contributed by atoms with Crippen LogP contribution in [0.25, 0.3) is 44.2 Å². The third-order valence-electron chi connectivity index (χ3n) is 7.44. The van der Waals surface area contributed by atoms with Gasteiger partial charge in [0, 0.05) is 34.9 Å². The van der Waals surface area contributed by atoms with Crippen LogP contribution in [-0.2, 0) is 16.0 Å². The SMILES string of the molecule is CC1=C(CCC(=O)O)c2cc3[nH]c(cc4cc(C)c([nH]4)c(=O)c4cc(C)c(cc1n2)[nH]4)c(C)c3CCC(=O)O. The van der Waals surface area contributed by atoms with Crippen molar-refractivity contribution in [2.24, 2.45) is 0 Å². The molecule has 0 saturated heterocycles. The van der Waals surface area contributed by atoms with Crippen LogP contribution < -0.4 is 5.43 Å². The second-order valence-corrected chi connectivity index (χ2v) is 10.2. The Hall–Kier alpha value is -4.66. The number of carboxylic acids is 2. The average molecular weight is 527 g/mol. The Bertz CT molecular complexity index is 1890. The van der Waals surface area contributed by atoms with E-state index in [2.05, 4.69) is 15.0 Å². The molecule has 0 amide bonds. The molecule has 0 fully saturated rings. The first-order chi connectivity index (χ1) is 18.5. The maximum absolute atomic E-state index is 13.4. The first-order valence-corrected chi connectivity index (χ1v) is 12.8. The minimum Gasteiger partial charge on any atom is -0.481 e. The number of allylic oxidation sites excluding steroid dienone is 2. The quantitative estimate of drug-likeness (QED) is 0.220. The van der Waals surface area contributed by atoms with Gasteiger partial charge in [0.25, 0.3) is 0 Å². The number of carbonyl (C=O) groups is 2. The lowest BCUT2D eigenvalue weighted by Gasteiger charge is -2.03. The molecule has 200 valence electrons. The van der Waals surface area contributed by atoms with E-state index in [4.69, 9.17) is 4.98 Å². The lowest BCUT2D eigenvalue weighted by atomic mass is 10.0. The molecule has 0 radical (unpaired) electrons. The van der Waals surface area contributed by atoms with Crippen LogP contribution in [0.5, 0.6) is 0 Å². The Morgan fingerprint density at radius 2 is 1.41 bits per heavy atom. The van der Waals surface area contributed by atoms with E-state index in [1.165, 1.54) is 0 Å². The predicted molar refractivity (Wildman–Crippen MR) is 152 cm³/mol. The third-order valence-corrected chi connectivity index (χ3v) is 7.44. The van der Waals surface area contributed by atoms with Crippen molar-refractivity contribution in [2.75, 3.05) is 0 Å². The molecule has 0 unspecified atom stereocenters. The highest BCUT2D eigenvalue weighted by Crippen LogP contribution is 2.34. The van der Waals surface area contributed by atoms with Gasteiger partial charge in [-0.05, 0) is 104 Å². The van der Waals surface area contributed by atoms with Gasteiger partial charge in [-0.15, -0.1) is 0 Å². The Morgan fingerprint density at radius 1 is 0.744 bits per heavy atom. The zero-order valence-corrected chi connectivity index (χ0v) is 22.3. The number of fused-ring (bicyclic) bond motifs is 8. The summed E-state index contributed by atoms with van der Waals surface area (Å²) in [6, 6.07) is 9.41. The van der Waals surface area contributed by atoms with Gasteiger partial charge in [-0.2, -0.15) is 0 Å². The Labute approximate surface area is 223 Å². The van der Waals surface area contributed by atoms with Gasteiger partial charge in [-0.25, -0.2) is 4.98 Å². The molecule has 0 aliphatic carbocycles. The summed E-state index contributed by atoms with van der Waals surface area (Å²) in [5.74, 6) is -1.79. The molecule has 0 spiro atoms. The van der Waals surface area contributed by atoms with Gasteiger partial charge in [0.1, 0.15) is 0 Å². The van der Waals surface area contributed by atoms with Crippen molar-refractivity contribution in [3.8, 4) is 0 Å². The van der Waals surface area contributed by atoms with Crippen molar-refractivity contribution < 1.29 is 19.8 Å². The zero-order valence-electron chi connectivity index (χ0n) is 22.3. The number of nitrogens with one attached hydrogen (secondary N) is 3. The summed E-state index contributed by atoms with van der Waals surface area (Å²) in [5.41, 5.74) is 10.2. The number of aromatic nitrogens is 4. The van der Waals surface area contributed by atoms with E-state index in [9.17, 15) is 24.6 Å². The van der Waals surface area contributed by atoms with Crippen LogP contribution >= 0.6 is 0 Å². The maximum Gasteiger partial charge on any atom is 0.303 e. The van der Waals surface area contributed by atoms with Crippen LogP contribution in [0.3, 0.4) is 0 Å². The molecule has 5 N–H and O–H groups in total. The summed E-state index contributed by atoms with van der Waals surface area (Å²) >= 11 is 0. The predicted octanol–water partition coefficient (Wildman–Crippen LogP) is 5.62. The number of aromatic amines is 3. The van der Waals surface area contributed by atoms with Crippen molar-refractivity contribution in [3.05, 3.63) is 74.2 Å². The molecule has 0 saturated carbocycles. The monoisotopic (exact) mass is 526 g/mol. The molecule has 5 rings (SSSR count). The topological polar surface area (TPSA) is 152 Å². The van der Waals surface area contributed by atoms with Crippen molar-refractivity contribution in [2.45, 2.75) is 53.4 Å². The van der Waals surface area contributed by atoms with Gasteiger partial charge in [-0.1, -0.05) is 0 Å². The zero-order chi connectivity index (χ0) is 28.0. The first kappa shape index (κ1) is 26.0. The highest BCUT2D eigenvalue weighted by Gasteiger charge is 2.19. The summed E-state index contributed by atoms with van der Waals surface area (Å²) in [6.45, 7) is 7.65. The second-order valence-electron chi connectivity index (χ2n) is 10.2. The van der Waals surface area contributed by atoms with Crippen molar-refractivity contribution in [3.63, 3.8) is 0 Å². The molecular weight excluding hydrogens is 496 g/mol. The summed E-state index contributed by atoms with van der Waals surface area (Å²) in [5, 5.41) is 18.7. The fraction of sp³-hybridized carbons (Fsp3) is 0.267. The van der Waals surface area contributed by atoms with Crippen LogP contribution in [0.2, 0.25) is 0 Å². The number of hydrogen-bond acceptors (Lipinski definition) is 4. The van der Waals surface area contributed by atoms with Crippen LogP contribution in [-0.4, -0.2) is 42.1 Å². The van der Waals surface area contributed by atoms with Crippen molar-refractivity contribution in [1.29, 1.82) is 0 Å². The molecule has 8 bridgehead atoms. The average Bonchev–Trinajstić information content (AvgIpc) is 3.57. The van der Waals surface area contributed by atoms with Crippen LogP contribution in [0.4, 0.5) is 0 Å². The molecule has 5 heterocycles. The van der Waals surface area contributed by atoms with Crippen LogP contribution in [0.15, 0.2) is 35.1 Å². The molecule has 39 heavy (non-hydrogen) atoms. The summed E-state index contributed by atoms with van der Waals surface area (Å²) < 4.78 is 0. The van der Waals surface area contributed by atoms with Crippen molar-refractivity contribution in [1.82, 2.24) is 19.9 Å². The van der Waals surface area contributed by atoms with Gasteiger partial charge >= 0.3 is 11.9 Å². The minimum atomic E-state index is -0.899. The number of nitrogens with zero attached hydrogens (tertiary/aromatic N) is 1. The minimum absolute atomic E-state index is 0.0359. The first-order valence-electron chi connectivity index (χ1n) is 12.8. The molecule has 9 heteroatoms. The normalized spacial score (nSPS) is 12.4. The number of hydrogen-bond donors (Lipinski definition) is 5. The van der Waals surface area contributed by atoms with E-state index in [-0.39, 0.29) is 18.3 Å². The Morgan fingerprint density at radius 3 is 2.13 bits per heavy atom. The van der Waals surface area contributed by atoms with E-state index >= 15 is 0 Å². The number of H-pyrrole nitrogens is 3. The van der Waals surface area contributed by atoms with Crippen molar-refractivity contribution >= 4 is 56.2 Å². The second kappa shape index (κ2) is 9.90. The summed E-state index contributed by atoms with van der Waals surface area (Å²) in [7, 11) is 0. The molecule has 0 aromatic carbocycles. The van der Waals surface area contributed by atoms with Crippen LogP contribution in [0, 0.1) is 20.8 Å². The summed E-state index contributed by atoms with van der Waals surface area (Å²) in [4.78, 5) is 51.1. The fourth-order valence-electron chi connectivity index (χ4n) is 5.24. The van der Waals surface area contributed by atoms with E-state index < -0.39 is 11.9 Å². The molecule has 1 aliphatic heterocycles. The van der Waals surface area contributed by atoms with E-state index in [0.717, 1.165) is 55.5 Å². The summed E-state index contributed by atoms with van der Waals surface area (Å²) in [6.07, 6.45) is 0.536. The van der Waals surface area contributed by atoms with Gasteiger partial charge in [0.2, 0.25) is 5.43 Å². The molecule has 9 nitrogen and oxygen atoms in total. The van der Waals surface area contributed by atoms with Crippen LogP contribution in [0.1, 0.15) is 59.8 Å². The molecule has 1 aliphatic rings. The smallest absolute Gasteiger partial charge is 0.303 e. The Kier molecular flexibility index (Phi) is 6.59. The lowest BCUT2D eigenvalue weighted by molar-refractivity contribution is -0.137. The van der Waals surface area contributed by atoms with E-state index in [1.54, 1.807) is 0 Å². The van der Waals surface area contributed by atoms with Gasteiger partial charge in [0.15, 0.2) is 0 Å². The van der Waals surface area contributed by atoms with E-state index in [1.807, 2.05) is 58.0 Å². The fourth-order valence-corrected chi connectivity index (χ4v) is 5.24. The molecule has 0 atom stereocenters. The third kappa shape index (κ3) is 4.95. The molecule has 4 aromatic rings. The number of aryl methyl sites for hydroxylation is 4. The van der Waals surface area contributed by atoms with Gasteiger partial charge < -0.3 is 25.2 Å². The number of rotatable bonds is 6. The van der Waals surface area contributed by atoms with Gasteiger partial charge in [-0.3, -0.25) is 14.4 Å². The maximum atomic E-state index is 13.4.